The molecule has 138 valence electrons. The molecule has 0 radical (unpaired) electrons. The van der Waals surface area contributed by atoms with Crippen LogP contribution in [0.1, 0.15) is 20.3 Å². The molecule has 25 heavy (non-hydrogen) atoms. The molecule has 1 heterocycles. The van der Waals surface area contributed by atoms with Crippen molar-refractivity contribution < 1.29 is 23.8 Å². The van der Waals surface area contributed by atoms with Crippen LogP contribution < -0.4 is 19.7 Å². The summed E-state index contributed by atoms with van der Waals surface area (Å²) in [7, 11) is 3.10. The predicted molar refractivity (Wildman–Crippen MR) is 94.1 cm³/mol. The van der Waals surface area contributed by atoms with E-state index in [-0.39, 0.29) is 30.3 Å². The molecule has 7 heteroatoms. The maximum Gasteiger partial charge on any atom is 0.227 e. The van der Waals surface area contributed by atoms with Crippen LogP contribution in [0.4, 0.5) is 5.69 Å². The van der Waals surface area contributed by atoms with Crippen LogP contribution in [0.15, 0.2) is 18.2 Å². The predicted octanol–water partition coefficient (Wildman–Crippen LogP) is 1.60. The summed E-state index contributed by atoms with van der Waals surface area (Å²) in [5.74, 6) is 0.581. The van der Waals surface area contributed by atoms with Crippen molar-refractivity contribution >= 4 is 17.5 Å². The Kier molecular flexibility index (Phi) is 6.64. The minimum atomic E-state index is -0.361. The molecule has 1 atom stereocenters. The van der Waals surface area contributed by atoms with Gasteiger partial charge in [-0.25, -0.2) is 0 Å². The third-order valence-electron chi connectivity index (χ3n) is 4.03. The van der Waals surface area contributed by atoms with Gasteiger partial charge in [-0.05, 0) is 26.0 Å². The summed E-state index contributed by atoms with van der Waals surface area (Å²) < 4.78 is 15.9. The Morgan fingerprint density at radius 3 is 2.64 bits per heavy atom. The third kappa shape index (κ3) is 4.85. The molecule has 1 aliphatic heterocycles. The number of methoxy groups -OCH3 is 2. The lowest BCUT2D eigenvalue weighted by molar-refractivity contribution is -0.126. The third-order valence-corrected chi connectivity index (χ3v) is 4.03. The number of benzene rings is 1. The fraction of sp³-hybridized carbons (Fsp3) is 0.556. The maximum absolute atomic E-state index is 12.3. The molecule has 1 N–H and O–H groups in total. The van der Waals surface area contributed by atoms with Crippen LogP contribution in [0.2, 0.25) is 0 Å². The van der Waals surface area contributed by atoms with Crippen molar-refractivity contribution in [3.05, 3.63) is 18.2 Å². The van der Waals surface area contributed by atoms with E-state index in [1.165, 1.54) is 0 Å². The molecule has 2 rings (SSSR count). The van der Waals surface area contributed by atoms with Crippen molar-refractivity contribution in [1.29, 1.82) is 0 Å². The van der Waals surface area contributed by atoms with E-state index in [4.69, 9.17) is 14.2 Å². The Labute approximate surface area is 148 Å². The summed E-state index contributed by atoms with van der Waals surface area (Å²) in [6.45, 7) is 5.14. The van der Waals surface area contributed by atoms with E-state index in [2.05, 4.69) is 5.32 Å². The van der Waals surface area contributed by atoms with Crippen LogP contribution in [0, 0.1) is 5.92 Å². The second-order valence-corrected chi connectivity index (χ2v) is 6.16. The monoisotopic (exact) mass is 350 g/mol. The second kappa shape index (κ2) is 8.71. The molecule has 1 aromatic rings. The standard InChI is InChI=1S/C18H26N2O5/c1-12(2)25-8-7-19-18(22)13-9-17(21)20(11-13)14-5-6-15(23-3)16(10-14)24-4/h5-6,10,12-13H,7-9,11H2,1-4H3,(H,19,22). The van der Waals surface area contributed by atoms with Crippen LogP contribution in [-0.4, -0.2) is 51.8 Å². The summed E-state index contributed by atoms with van der Waals surface area (Å²) in [6.07, 6.45) is 0.330. The van der Waals surface area contributed by atoms with Crippen LogP contribution in [0.3, 0.4) is 0 Å². The summed E-state index contributed by atoms with van der Waals surface area (Å²) in [5, 5.41) is 2.83. The zero-order valence-electron chi connectivity index (χ0n) is 15.2. The average Bonchev–Trinajstić information content (AvgIpc) is 2.99. The Morgan fingerprint density at radius 1 is 1.28 bits per heavy atom. The van der Waals surface area contributed by atoms with E-state index in [1.54, 1.807) is 37.3 Å². The van der Waals surface area contributed by atoms with Crippen molar-refractivity contribution in [2.75, 3.05) is 38.8 Å². The lowest BCUT2D eigenvalue weighted by atomic mass is 10.1. The van der Waals surface area contributed by atoms with Gasteiger partial charge in [-0.15, -0.1) is 0 Å². The fourth-order valence-electron chi connectivity index (χ4n) is 2.74. The Bertz CT molecular complexity index is 617. The van der Waals surface area contributed by atoms with Crippen molar-refractivity contribution in [1.82, 2.24) is 5.32 Å². The number of ether oxygens (including phenoxy) is 3. The van der Waals surface area contributed by atoms with Crippen molar-refractivity contribution in [3.63, 3.8) is 0 Å². The summed E-state index contributed by atoms with van der Waals surface area (Å²) in [6, 6.07) is 5.28. The van der Waals surface area contributed by atoms with Gasteiger partial charge >= 0.3 is 0 Å². The first-order valence-corrected chi connectivity index (χ1v) is 8.38. The number of nitrogens with one attached hydrogen (secondary N) is 1. The quantitative estimate of drug-likeness (QED) is 0.721. The molecule has 0 spiro atoms. The molecule has 7 nitrogen and oxygen atoms in total. The molecule has 1 unspecified atom stereocenters. The molecule has 2 amide bonds. The number of hydrogen-bond acceptors (Lipinski definition) is 5. The van der Waals surface area contributed by atoms with Crippen molar-refractivity contribution in [2.45, 2.75) is 26.4 Å². The summed E-state index contributed by atoms with van der Waals surface area (Å²) in [4.78, 5) is 26.2. The van der Waals surface area contributed by atoms with Gasteiger partial charge in [0.15, 0.2) is 11.5 Å². The largest absolute Gasteiger partial charge is 0.493 e. The van der Waals surface area contributed by atoms with E-state index in [0.29, 0.717) is 36.9 Å². The summed E-state index contributed by atoms with van der Waals surface area (Å²) in [5.41, 5.74) is 0.695. The van der Waals surface area contributed by atoms with Gasteiger partial charge in [-0.3, -0.25) is 9.59 Å². The minimum absolute atomic E-state index is 0.0780. The van der Waals surface area contributed by atoms with Gasteiger partial charge in [0.05, 0.1) is 32.8 Å². The first-order valence-electron chi connectivity index (χ1n) is 8.38. The van der Waals surface area contributed by atoms with Gasteiger partial charge in [-0.1, -0.05) is 0 Å². The van der Waals surface area contributed by atoms with Crippen LogP contribution in [0.5, 0.6) is 11.5 Å². The first kappa shape index (κ1) is 19.1. The van der Waals surface area contributed by atoms with Crippen LogP contribution in [-0.2, 0) is 14.3 Å². The molecule has 1 saturated heterocycles. The molecule has 0 aliphatic carbocycles. The van der Waals surface area contributed by atoms with Gasteiger partial charge in [0, 0.05) is 31.3 Å². The van der Waals surface area contributed by atoms with Gasteiger partial charge < -0.3 is 24.4 Å². The molecule has 1 aromatic carbocycles. The van der Waals surface area contributed by atoms with E-state index in [9.17, 15) is 9.59 Å². The smallest absolute Gasteiger partial charge is 0.227 e. The molecule has 0 bridgehead atoms. The Morgan fingerprint density at radius 2 is 2.00 bits per heavy atom. The van der Waals surface area contributed by atoms with Gasteiger partial charge in [0.1, 0.15) is 0 Å². The molecular formula is C18H26N2O5. The van der Waals surface area contributed by atoms with Gasteiger partial charge in [-0.2, -0.15) is 0 Å². The maximum atomic E-state index is 12.3. The summed E-state index contributed by atoms with van der Waals surface area (Å²) >= 11 is 0. The van der Waals surface area contributed by atoms with E-state index >= 15 is 0 Å². The van der Waals surface area contributed by atoms with Crippen LogP contribution in [0.25, 0.3) is 0 Å². The number of carbonyl (C=O) groups excluding carboxylic acids is 2. The van der Waals surface area contributed by atoms with Crippen molar-refractivity contribution in [3.8, 4) is 11.5 Å². The Hall–Kier alpha value is -2.28. The highest BCUT2D eigenvalue weighted by atomic mass is 16.5. The topological polar surface area (TPSA) is 77.1 Å². The Balaban J connectivity index is 1.96. The highest BCUT2D eigenvalue weighted by Crippen LogP contribution is 2.34. The fourth-order valence-corrected chi connectivity index (χ4v) is 2.74. The number of anilines is 1. The van der Waals surface area contributed by atoms with Gasteiger partial charge in [0.25, 0.3) is 0 Å². The molecule has 1 fully saturated rings. The zero-order valence-corrected chi connectivity index (χ0v) is 15.2. The number of nitrogens with zero attached hydrogens (tertiary/aromatic N) is 1. The lowest BCUT2D eigenvalue weighted by Gasteiger charge is -2.18. The zero-order chi connectivity index (χ0) is 18.4. The van der Waals surface area contributed by atoms with E-state index in [1.807, 2.05) is 13.8 Å². The number of hydrogen-bond donors (Lipinski definition) is 1. The number of amides is 2. The number of carbonyl (C=O) groups is 2. The van der Waals surface area contributed by atoms with E-state index in [0.717, 1.165) is 0 Å². The van der Waals surface area contributed by atoms with Crippen molar-refractivity contribution in [2.24, 2.45) is 5.92 Å². The average molecular weight is 350 g/mol. The molecular weight excluding hydrogens is 324 g/mol. The highest BCUT2D eigenvalue weighted by molar-refractivity contribution is 6.00. The normalized spacial score (nSPS) is 17.1. The number of rotatable bonds is 8. The molecule has 1 aliphatic rings. The minimum Gasteiger partial charge on any atom is -0.493 e. The molecule has 0 saturated carbocycles. The molecule has 0 aromatic heterocycles. The van der Waals surface area contributed by atoms with E-state index < -0.39 is 0 Å². The SMILES string of the molecule is COc1ccc(N2CC(C(=O)NCCOC(C)C)CC2=O)cc1OC. The van der Waals surface area contributed by atoms with Crippen LogP contribution >= 0.6 is 0 Å². The highest BCUT2D eigenvalue weighted by Gasteiger charge is 2.35. The lowest BCUT2D eigenvalue weighted by Crippen LogP contribution is -2.35. The van der Waals surface area contributed by atoms with Gasteiger partial charge in [0.2, 0.25) is 11.8 Å². The second-order valence-electron chi connectivity index (χ2n) is 6.16. The first-order chi connectivity index (χ1) is 12.0.